The van der Waals surface area contributed by atoms with E-state index in [2.05, 4.69) is 5.32 Å². The molecular formula is C16H21NO4. The Morgan fingerprint density at radius 2 is 1.95 bits per heavy atom. The largest absolute Gasteiger partial charge is 0.480 e. The van der Waals surface area contributed by atoms with Gasteiger partial charge >= 0.3 is 5.97 Å². The zero-order chi connectivity index (χ0) is 15.3. The number of aryl methyl sites for hydroxylation is 2. The molecule has 1 aromatic carbocycles. The molecule has 1 heterocycles. The number of hydrogen-bond donors (Lipinski definition) is 2. The number of carboxylic acid groups (broad SMARTS) is 1. The van der Waals surface area contributed by atoms with E-state index in [0.717, 1.165) is 11.1 Å². The summed E-state index contributed by atoms with van der Waals surface area (Å²) in [7, 11) is 0. The third kappa shape index (κ3) is 3.82. The van der Waals surface area contributed by atoms with Gasteiger partial charge < -0.3 is 15.2 Å². The van der Waals surface area contributed by atoms with Gasteiger partial charge in [-0.05, 0) is 24.5 Å². The van der Waals surface area contributed by atoms with E-state index in [1.165, 1.54) is 0 Å². The summed E-state index contributed by atoms with van der Waals surface area (Å²) in [5.41, 5.74) is 1.09. The van der Waals surface area contributed by atoms with Crippen molar-refractivity contribution in [3.63, 3.8) is 0 Å². The van der Waals surface area contributed by atoms with Crippen molar-refractivity contribution in [1.82, 2.24) is 5.32 Å². The standard InChI is InChI=1S/C16H21NO4/c1-12-4-2-3-5-13(12)6-7-14(18)17-16(15(19)20)8-10-21-11-9-16/h2-5H,6-11H2,1H3,(H,17,18)(H,19,20). The first-order chi connectivity index (χ1) is 10.0. The second-order valence-corrected chi connectivity index (χ2v) is 5.47. The molecule has 0 aliphatic carbocycles. The Bertz CT molecular complexity index is 521. The molecule has 0 aromatic heterocycles. The van der Waals surface area contributed by atoms with Gasteiger partial charge in [0.15, 0.2) is 0 Å². The Morgan fingerprint density at radius 3 is 2.57 bits per heavy atom. The summed E-state index contributed by atoms with van der Waals surface area (Å²) in [4.78, 5) is 23.6. The summed E-state index contributed by atoms with van der Waals surface area (Å²) in [5, 5.41) is 12.1. The van der Waals surface area contributed by atoms with E-state index in [4.69, 9.17) is 4.74 Å². The van der Waals surface area contributed by atoms with Crippen LogP contribution in [-0.2, 0) is 20.7 Å². The minimum Gasteiger partial charge on any atom is -0.480 e. The highest BCUT2D eigenvalue weighted by Gasteiger charge is 2.41. The predicted molar refractivity (Wildman–Crippen MR) is 78.1 cm³/mol. The average Bonchev–Trinajstić information content (AvgIpc) is 2.47. The van der Waals surface area contributed by atoms with Crippen LogP contribution in [0, 0.1) is 6.92 Å². The quantitative estimate of drug-likeness (QED) is 0.865. The van der Waals surface area contributed by atoms with Crippen LogP contribution in [-0.4, -0.2) is 35.7 Å². The number of carboxylic acids is 1. The van der Waals surface area contributed by atoms with Crippen LogP contribution in [0.1, 0.15) is 30.4 Å². The molecule has 2 N–H and O–H groups in total. The van der Waals surface area contributed by atoms with Gasteiger partial charge in [-0.1, -0.05) is 24.3 Å². The van der Waals surface area contributed by atoms with Crippen LogP contribution in [0.5, 0.6) is 0 Å². The second-order valence-electron chi connectivity index (χ2n) is 5.47. The lowest BCUT2D eigenvalue weighted by molar-refractivity contribution is -0.152. The van der Waals surface area contributed by atoms with Crippen molar-refractivity contribution in [2.45, 2.75) is 38.1 Å². The normalized spacial score (nSPS) is 17.2. The molecule has 114 valence electrons. The van der Waals surface area contributed by atoms with E-state index >= 15 is 0 Å². The van der Waals surface area contributed by atoms with E-state index in [0.29, 0.717) is 38.9 Å². The maximum absolute atomic E-state index is 12.1. The summed E-state index contributed by atoms with van der Waals surface area (Å²) < 4.78 is 5.19. The molecule has 21 heavy (non-hydrogen) atoms. The average molecular weight is 291 g/mol. The van der Waals surface area contributed by atoms with E-state index in [9.17, 15) is 14.7 Å². The van der Waals surface area contributed by atoms with Gasteiger partial charge in [-0.3, -0.25) is 4.79 Å². The molecule has 1 saturated heterocycles. The van der Waals surface area contributed by atoms with Gasteiger partial charge in [0.05, 0.1) is 0 Å². The molecule has 1 aromatic rings. The van der Waals surface area contributed by atoms with Gasteiger partial charge in [0.25, 0.3) is 0 Å². The van der Waals surface area contributed by atoms with Crippen molar-refractivity contribution in [1.29, 1.82) is 0 Å². The van der Waals surface area contributed by atoms with Crippen molar-refractivity contribution in [2.75, 3.05) is 13.2 Å². The molecular weight excluding hydrogens is 270 g/mol. The number of carbonyl (C=O) groups is 2. The van der Waals surface area contributed by atoms with Crippen LogP contribution in [0.3, 0.4) is 0 Å². The minimum absolute atomic E-state index is 0.220. The molecule has 5 nitrogen and oxygen atoms in total. The Balaban J connectivity index is 1.94. The van der Waals surface area contributed by atoms with E-state index < -0.39 is 11.5 Å². The lowest BCUT2D eigenvalue weighted by atomic mass is 9.89. The summed E-state index contributed by atoms with van der Waals surface area (Å²) in [6.07, 6.45) is 1.54. The number of ether oxygens (including phenoxy) is 1. The molecule has 0 spiro atoms. The van der Waals surface area contributed by atoms with Gasteiger partial charge in [0.2, 0.25) is 5.91 Å². The highest BCUT2D eigenvalue weighted by molar-refractivity contribution is 5.87. The Kier molecular flexibility index (Phi) is 4.96. The van der Waals surface area contributed by atoms with Gasteiger partial charge in [-0.25, -0.2) is 4.79 Å². The number of aliphatic carboxylic acids is 1. The molecule has 1 amide bonds. The summed E-state index contributed by atoms with van der Waals surface area (Å²) in [5.74, 6) is -1.20. The molecule has 1 fully saturated rings. The molecule has 0 radical (unpaired) electrons. The molecule has 2 rings (SSSR count). The van der Waals surface area contributed by atoms with Gasteiger partial charge in [0.1, 0.15) is 5.54 Å². The first kappa shape index (κ1) is 15.5. The molecule has 0 unspecified atom stereocenters. The SMILES string of the molecule is Cc1ccccc1CCC(=O)NC1(C(=O)O)CCOCC1. The topological polar surface area (TPSA) is 75.6 Å². The van der Waals surface area contributed by atoms with Crippen molar-refractivity contribution in [3.8, 4) is 0 Å². The molecule has 1 aliphatic heterocycles. The first-order valence-corrected chi connectivity index (χ1v) is 7.20. The Morgan fingerprint density at radius 1 is 1.29 bits per heavy atom. The number of amides is 1. The maximum atomic E-state index is 12.1. The minimum atomic E-state index is -1.17. The molecule has 0 saturated carbocycles. The number of nitrogens with one attached hydrogen (secondary N) is 1. The fraction of sp³-hybridized carbons (Fsp3) is 0.500. The van der Waals surface area contributed by atoms with Crippen LogP contribution in [0.2, 0.25) is 0 Å². The number of carbonyl (C=O) groups excluding carboxylic acids is 1. The number of benzene rings is 1. The Labute approximate surface area is 124 Å². The van der Waals surface area contributed by atoms with Crippen molar-refractivity contribution < 1.29 is 19.4 Å². The fourth-order valence-corrected chi connectivity index (χ4v) is 2.58. The molecule has 0 bridgehead atoms. The van der Waals surface area contributed by atoms with Crippen LogP contribution in [0.25, 0.3) is 0 Å². The molecule has 1 aliphatic rings. The maximum Gasteiger partial charge on any atom is 0.329 e. The zero-order valence-corrected chi connectivity index (χ0v) is 12.2. The van der Waals surface area contributed by atoms with Crippen molar-refractivity contribution in [2.24, 2.45) is 0 Å². The molecule has 5 heteroatoms. The zero-order valence-electron chi connectivity index (χ0n) is 12.2. The van der Waals surface area contributed by atoms with Crippen LogP contribution >= 0.6 is 0 Å². The van der Waals surface area contributed by atoms with Crippen molar-refractivity contribution >= 4 is 11.9 Å². The smallest absolute Gasteiger partial charge is 0.329 e. The molecule has 0 atom stereocenters. The van der Waals surface area contributed by atoms with E-state index in [-0.39, 0.29) is 5.91 Å². The van der Waals surface area contributed by atoms with Gasteiger partial charge in [-0.2, -0.15) is 0 Å². The van der Waals surface area contributed by atoms with Gasteiger partial charge in [-0.15, -0.1) is 0 Å². The fourth-order valence-electron chi connectivity index (χ4n) is 2.58. The van der Waals surface area contributed by atoms with Crippen molar-refractivity contribution in [3.05, 3.63) is 35.4 Å². The number of hydrogen-bond acceptors (Lipinski definition) is 3. The first-order valence-electron chi connectivity index (χ1n) is 7.20. The third-order valence-corrected chi connectivity index (χ3v) is 4.02. The van der Waals surface area contributed by atoms with E-state index in [1.807, 2.05) is 31.2 Å². The highest BCUT2D eigenvalue weighted by atomic mass is 16.5. The third-order valence-electron chi connectivity index (χ3n) is 4.02. The number of rotatable bonds is 5. The Hall–Kier alpha value is -1.88. The second kappa shape index (κ2) is 6.72. The highest BCUT2D eigenvalue weighted by Crippen LogP contribution is 2.21. The van der Waals surface area contributed by atoms with E-state index in [1.54, 1.807) is 0 Å². The van der Waals surface area contributed by atoms with Gasteiger partial charge in [0, 0.05) is 32.5 Å². The summed E-state index contributed by atoms with van der Waals surface area (Å²) in [6.45, 7) is 2.74. The lowest BCUT2D eigenvalue weighted by Gasteiger charge is -2.33. The monoisotopic (exact) mass is 291 g/mol. The van der Waals surface area contributed by atoms with Crippen LogP contribution in [0.4, 0.5) is 0 Å². The predicted octanol–water partition coefficient (Wildman–Crippen LogP) is 1.68. The summed E-state index contributed by atoms with van der Waals surface area (Å²) >= 11 is 0. The van der Waals surface area contributed by atoms with Crippen LogP contribution in [0.15, 0.2) is 24.3 Å². The lowest BCUT2D eigenvalue weighted by Crippen LogP contribution is -2.57. The summed E-state index contributed by atoms with van der Waals surface area (Å²) in [6, 6.07) is 7.90. The van der Waals surface area contributed by atoms with Crippen LogP contribution < -0.4 is 5.32 Å².